The molecule has 0 bridgehead atoms. The zero-order chi connectivity index (χ0) is 31.8. The Balaban J connectivity index is 1.60. The van der Waals surface area contributed by atoms with Crippen molar-refractivity contribution in [3.63, 3.8) is 0 Å². The van der Waals surface area contributed by atoms with E-state index in [0.717, 1.165) is 6.07 Å². The molecule has 0 aromatic heterocycles. The van der Waals surface area contributed by atoms with Crippen molar-refractivity contribution in [3.8, 4) is 0 Å². The molecule has 3 aromatic carbocycles. The molecule has 1 aliphatic heterocycles. The van der Waals surface area contributed by atoms with Crippen LogP contribution in [0.1, 0.15) is 28.7 Å². The van der Waals surface area contributed by atoms with Gasteiger partial charge in [-0.25, -0.2) is 0 Å². The van der Waals surface area contributed by atoms with Crippen molar-refractivity contribution < 1.29 is 53.9 Å². The van der Waals surface area contributed by atoms with E-state index in [-0.39, 0.29) is 17.7 Å². The Morgan fingerprint density at radius 2 is 1.56 bits per heavy atom. The van der Waals surface area contributed by atoms with Crippen LogP contribution in [0.3, 0.4) is 0 Å². The lowest BCUT2D eigenvalue weighted by Crippen LogP contribution is -2.43. The monoisotopic (exact) mass is 639 g/mol. The second-order valence-corrected chi connectivity index (χ2v) is 9.96. The first kappa shape index (κ1) is 31.9. The van der Waals surface area contributed by atoms with Gasteiger partial charge in [-0.2, -0.15) is 39.5 Å². The number of oxime groups is 1. The summed E-state index contributed by atoms with van der Waals surface area (Å²) < 4.78 is 120. The number of hydrogen-bond donors (Lipinski definition) is 2. The van der Waals surface area contributed by atoms with E-state index in [1.165, 1.54) is 18.2 Å². The molecule has 0 fully saturated rings. The van der Waals surface area contributed by atoms with Crippen molar-refractivity contribution in [1.82, 2.24) is 10.6 Å². The normalized spacial score (nSPS) is 17.4. The molecule has 0 radical (unpaired) electrons. The molecule has 3 aromatic rings. The van der Waals surface area contributed by atoms with Crippen LogP contribution >= 0.6 is 11.6 Å². The number of nitrogens with zero attached hydrogens (tertiary/aromatic N) is 1. The number of hydrogen-bond acceptors (Lipinski definition) is 4. The van der Waals surface area contributed by atoms with Gasteiger partial charge in [0, 0.05) is 22.6 Å². The Morgan fingerprint density at radius 1 is 0.884 bits per heavy atom. The van der Waals surface area contributed by atoms with Crippen molar-refractivity contribution in [2.75, 3.05) is 13.1 Å². The molecule has 6 nitrogen and oxygen atoms in total. The Bertz CT molecular complexity index is 1590. The standard InChI is InChI=1S/C27H19ClF9N3O3/c28-17-9-15(8-16(10-17)26(32,33)34)24(27(35,36)37)11-21(40-43-24)20-6-5-14(18-3-1-2-4-19(18)20)7-22(41)38-12-23(42)39-13-25(29,30)31/h1-6,8-10H,7,11-13H2,(H,38,41)(H,39,42). The molecule has 2 N–H and O–H groups in total. The third kappa shape index (κ3) is 7.14. The fraction of sp³-hybridized carbons (Fsp3) is 0.296. The summed E-state index contributed by atoms with van der Waals surface area (Å²) in [5, 5.41) is 7.55. The second-order valence-electron chi connectivity index (χ2n) is 9.52. The number of benzene rings is 3. The molecule has 43 heavy (non-hydrogen) atoms. The average molecular weight is 640 g/mol. The maximum atomic E-state index is 14.5. The van der Waals surface area contributed by atoms with Crippen molar-refractivity contribution in [2.45, 2.75) is 37.0 Å². The third-order valence-corrected chi connectivity index (χ3v) is 6.70. The van der Waals surface area contributed by atoms with Gasteiger partial charge in [-0.3, -0.25) is 9.59 Å². The molecular formula is C27H19ClF9N3O3. The highest BCUT2D eigenvalue weighted by Gasteiger charge is 2.62. The minimum absolute atomic E-state index is 0.149. The second kappa shape index (κ2) is 11.6. The summed E-state index contributed by atoms with van der Waals surface area (Å²) in [6.07, 6.45) is -16.2. The summed E-state index contributed by atoms with van der Waals surface area (Å²) in [7, 11) is 0. The molecule has 4 rings (SSSR count). The highest BCUT2D eigenvalue weighted by Crippen LogP contribution is 2.50. The Hall–Kier alpha value is -4.01. The van der Waals surface area contributed by atoms with Gasteiger partial charge in [0.15, 0.2) is 0 Å². The van der Waals surface area contributed by atoms with Crippen LogP contribution in [0.25, 0.3) is 10.8 Å². The number of amides is 2. The van der Waals surface area contributed by atoms with E-state index in [4.69, 9.17) is 16.4 Å². The van der Waals surface area contributed by atoms with Crippen molar-refractivity contribution in [2.24, 2.45) is 5.16 Å². The molecule has 0 aliphatic carbocycles. The first-order valence-corrected chi connectivity index (χ1v) is 12.6. The SMILES string of the molecule is O=C(CNC(=O)Cc1ccc(C2=NOC(c3cc(Cl)cc(C(F)(F)F)c3)(C(F)(F)F)C2)c2ccccc12)NCC(F)(F)F. The lowest BCUT2D eigenvalue weighted by atomic mass is 9.84. The summed E-state index contributed by atoms with van der Waals surface area (Å²) in [6, 6.07) is 10.5. The molecule has 2 amide bonds. The molecule has 0 saturated carbocycles. The first-order chi connectivity index (χ1) is 19.9. The average Bonchev–Trinajstić information content (AvgIpc) is 3.37. The summed E-state index contributed by atoms with van der Waals surface area (Å²) in [4.78, 5) is 28.9. The fourth-order valence-corrected chi connectivity index (χ4v) is 4.71. The fourth-order valence-electron chi connectivity index (χ4n) is 4.48. The zero-order valence-corrected chi connectivity index (χ0v) is 22.2. The molecule has 230 valence electrons. The van der Waals surface area contributed by atoms with Gasteiger partial charge in [0.2, 0.25) is 11.8 Å². The van der Waals surface area contributed by atoms with Gasteiger partial charge in [0.25, 0.3) is 5.60 Å². The number of rotatable bonds is 7. The van der Waals surface area contributed by atoms with E-state index in [1.54, 1.807) is 23.5 Å². The van der Waals surface area contributed by atoms with Gasteiger partial charge in [-0.15, -0.1) is 0 Å². The number of carbonyl (C=O) groups is 2. The van der Waals surface area contributed by atoms with Crippen LogP contribution < -0.4 is 10.6 Å². The highest BCUT2D eigenvalue weighted by atomic mass is 35.5. The molecule has 0 spiro atoms. The van der Waals surface area contributed by atoms with Crippen LogP contribution in [0.15, 0.2) is 59.8 Å². The first-order valence-electron chi connectivity index (χ1n) is 12.2. The highest BCUT2D eigenvalue weighted by molar-refractivity contribution is 6.30. The van der Waals surface area contributed by atoms with Crippen LogP contribution in [0.4, 0.5) is 39.5 Å². The minimum Gasteiger partial charge on any atom is -0.374 e. The van der Waals surface area contributed by atoms with Gasteiger partial charge in [-0.1, -0.05) is 53.2 Å². The summed E-state index contributed by atoms with van der Waals surface area (Å²) in [5.41, 5.74) is -5.30. The van der Waals surface area contributed by atoms with E-state index in [0.29, 0.717) is 28.5 Å². The zero-order valence-electron chi connectivity index (χ0n) is 21.5. The van der Waals surface area contributed by atoms with Gasteiger partial charge in [-0.05, 0) is 34.5 Å². The number of halogens is 10. The Kier molecular flexibility index (Phi) is 8.60. The summed E-state index contributed by atoms with van der Waals surface area (Å²) in [6.45, 7) is -2.30. The third-order valence-electron chi connectivity index (χ3n) is 6.49. The lowest BCUT2D eigenvalue weighted by molar-refractivity contribution is -0.276. The van der Waals surface area contributed by atoms with Crippen LogP contribution in [-0.2, 0) is 32.6 Å². The topological polar surface area (TPSA) is 79.8 Å². The summed E-state index contributed by atoms with van der Waals surface area (Å²) in [5.74, 6) is -1.79. The van der Waals surface area contributed by atoms with Gasteiger partial charge in [0.1, 0.15) is 6.54 Å². The molecule has 16 heteroatoms. The Labute approximate surface area is 241 Å². The molecule has 1 aliphatic rings. The lowest BCUT2D eigenvalue weighted by Gasteiger charge is -2.30. The molecule has 1 heterocycles. The Morgan fingerprint density at radius 3 is 2.19 bits per heavy atom. The van der Waals surface area contributed by atoms with Gasteiger partial charge in [0.05, 0.1) is 24.2 Å². The van der Waals surface area contributed by atoms with Crippen LogP contribution in [0, 0.1) is 0 Å². The van der Waals surface area contributed by atoms with E-state index >= 15 is 0 Å². The van der Waals surface area contributed by atoms with E-state index in [1.807, 2.05) is 0 Å². The largest absolute Gasteiger partial charge is 0.435 e. The smallest absolute Gasteiger partial charge is 0.374 e. The minimum atomic E-state index is -5.22. The molecule has 0 saturated heterocycles. The van der Waals surface area contributed by atoms with Crippen molar-refractivity contribution in [1.29, 1.82) is 0 Å². The molecular weight excluding hydrogens is 621 g/mol. The van der Waals surface area contributed by atoms with Crippen LogP contribution in [0.2, 0.25) is 5.02 Å². The molecule has 1 unspecified atom stereocenters. The van der Waals surface area contributed by atoms with Crippen molar-refractivity contribution in [3.05, 3.63) is 81.9 Å². The van der Waals surface area contributed by atoms with Crippen LogP contribution in [0.5, 0.6) is 0 Å². The van der Waals surface area contributed by atoms with E-state index in [2.05, 4.69) is 10.5 Å². The summed E-state index contributed by atoms with van der Waals surface area (Å²) >= 11 is 5.75. The van der Waals surface area contributed by atoms with E-state index in [9.17, 15) is 49.1 Å². The predicted molar refractivity (Wildman–Crippen MR) is 136 cm³/mol. The maximum absolute atomic E-state index is 14.5. The van der Waals surface area contributed by atoms with Crippen molar-refractivity contribution >= 4 is 39.9 Å². The maximum Gasteiger partial charge on any atom is 0.435 e. The molecule has 1 atom stereocenters. The number of nitrogens with one attached hydrogen (secondary N) is 2. The predicted octanol–water partition coefficient (Wildman–Crippen LogP) is 6.43. The number of alkyl halides is 9. The number of carbonyl (C=O) groups excluding carboxylic acids is 2. The van der Waals surface area contributed by atoms with Gasteiger partial charge >= 0.3 is 18.5 Å². The quantitative estimate of drug-likeness (QED) is 0.293. The number of fused-ring (bicyclic) bond motifs is 1. The van der Waals surface area contributed by atoms with E-state index < -0.39 is 71.6 Å². The van der Waals surface area contributed by atoms with Crippen LogP contribution in [-0.4, -0.2) is 43.0 Å². The van der Waals surface area contributed by atoms with Gasteiger partial charge < -0.3 is 15.5 Å².